The number of carbonyl (C=O) groups is 3. The van der Waals surface area contributed by atoms with Crippen molar-refractivity contribution in [1.29, 1.82) is 0 Å². The number of nitrogens with two attached hydrogens (primary N) is 1. The summed E-state index contributed by atoms with van der Waals surface area (Å²) in [5, 5.41) is 3.29. The number of benzene rings is 1. The van der Waals surface area contributed by atoms with Crippen LogP contribution in [0.5, 0.6) is 0 Å². The Kier molecular flexibility index (Phi) is 7.01. The average molecular weight is 573 g/mol. The van der Waals surface area contributed by atoms with Gasteiger partial charge in [0.2, 0.25) is 11.5 Å². The molecule has 0 saturated heterocycles. The predicted octanol–water partition coefficient (Wildman–Crippen LogP) is 2.38. The number of unbranched alkanes of at least 4 members (excludes halogenated alkanes) is 2. The van der Waals surface area contributed by atoms with Crippen LogP contribution in [0.2, 0.25) is 0 Å². The lowest BCUT2D eigenvalue weighted by atomic mass is 9.85. The highest BCUT2D eigenvalue weighted by Gasteiger charge is 2.50. The molecule has 3 aromatic rings. The van der Waals surface area contributed by atoms with E-state index in [1.54, 1.807) is 17.6 Å². The zero-order valence-corrected chi connectivity index (χ0v) is 23.6. The number of cyclic esters (lactones) is 1. The number of hydrogen-bond donors (Lipinski definition) is 2. The van der Waals surface area contributed by atoms with Crippen molar-refractivity contribution in [3.63, 3.8) is 0 Å². The highest BCUT2D eigenvalue weighted by molar-refractivity contribution is 6.11. The van der Waals surface area contributed by atoms with E-state index < -0.39 is 30.0 Å². The number of amides is 1. The van der Waals surface area contributed by atoms with Crippen LogP contribution in [0.25, 0.3) is 22.3 Å². The lowest BCUT2D eigenvalue weighted by molar-refractivity contribution is -0.189. The molecule has 12 nitrogen and oxygen atoms in total. The fourth-order valence-corrected chi connectivity index (χ4v) is 6.03. The number of esters is 2. The maximum absolute atomic E-state index is 14.0. The van der Waals surface area contributed by atoms with Gasteiger partial charge in [-0.2, -0.15) is 0 Å². The highest BCUT2D eigenvalue weighted by Crippen LogP contribution is 2.47. The minimum Gasteiger partial charge on any atom is -0.457 e. The van der Waals surface area contributed by atoms with Gasteiger partial charge in [0.15, 0.2) is 0 Å². The van der Waals surface area contributed by atoms with E-state index in [9.17, 15) is 19.2 Å². The molecule has 3 N–H and O–H groups in total. The summed E-state index contributed by atoms with van der Waals surface area (Å²) in [5.74, 6) is -2.17. The predicted molar refractivity (Wildman–Crippen MR) is 155 cm³/mol. The summed E-state index contributed by atoms with van der Waals surface area (Å²) in [4.78, 5) is 63.4. The molecule has 2 aromatic heterocycles. The second kappa shape index (κ2) is 10.7. The Bertz CT molecular complexity index is 1730. The topological polar surface area (TPSA) is 158 Å². The van der Waals surface area contributed by atoms with Crippen molar-refractivity contribution < 1.29 is 23.9 Å². The van der Waals surface area contributed by atoms with Gasteiger partial charge < -0.3 is 30.0 Å². The second-order valence-corrected chi connectivity index (χ2v) is 10.6. The van der Waals surface area contributed by atoms with E-state index in [2.05, 4.69) is 22.1 Å². The van der Waals surface area contributed by atoms with Crippen molar-refractivity contribution in [3.8, 4) is 11.4 Å². The van der Waals surface area contributed by atoms with E-state index in [1.807, 2.05) is 24.5 Å². The molecule has 5 heterocycles. The van der Waals surface area contributed by atoms with Gasteiger partial charge in [0.25, 0.3) is 5.56 Å². The molecule has 6 rings (SSSR count). The quantitative estimate of drug-likeness (QED) is 0.227. The molecule has 0 spiro atoms. The summed E-state index contributed by atoms with van der Waals surface area (Å²) in [6, 6.07) is 7.51. The van der Waals surface area contributed by atoms with Gasteiger partial charge in [-0.05, 0) is 31.0 Å². The van der Waals surface area contributed by atoms with E-state index in [0.717, 1.165) is 53.6 Å². The maximum atomic E-state index is 14.0. The van der Waals surface area contributed by atoms with Crippen molar-refractivity contribution in [2.24, 2.45) is 10.7 Å². The van der Waals surface area contributed by atoms with Gasteiger partial charge in [0, 0.05) is 17.7 Å². The van der Waals surface area contributed by atoms with Gasteiger partial charge in [-0.3, -0.25) is 14.4 Å². The number of carbonyl (C=O) groups excluding carboxylic acids is 3. The normalized spacial score (nSPS) is 17.9. The molecule has 1 amide bonds. The number of pyridine rings is 2. The Morgan fingerprint density at radius 3 is 2.79 bits per heavy atom. The monoisotopic (exact) mass is 572 g/mol. The van der Waals surface area contributed by atoms with Crippen LogP contribution in [0, 0.1) is 0 Å². The molecular formula is C30H32N6O6. The Balaban J connectivity index is 1.49. The van der Waals surface area contributed by atoms with Crippen LogP contribution in [0.1, 0.15) is 56.2 Å². The van der Waals surface area contributed by atoms with Crippen molar-refractivity contribution >= 4 is 46.5 Å². The van der Waals surface area contributed by atoms with Gasteiger partial charge in [-0.25, -0.2) is 14.8 Å². The molecule has 0 unspecified atom stereocenters. The van der Waals surface area contributed by atoms with E-state index in [-0.39, 0.29) is 36.3 Å². The number of ether oxygens (including phenoxy) is 2. The molecule has 3 aliphatic rings. The van der Waals surface area contributed by atoms with Crippen LogP contribution in [0.4, 0.5) is 11.4 Å². The first-order valence-corrected chi connectivity index (χ1v) is 14.2. The Morgan fingerprint density at radius 1 is 1.19 bits per heavy atom. The van der Waals surface area contributed by atoms with Gasteiger partial charge in [0.05, 0.1) is 58.7 Å². The van der Waals surface area contributed by atoms with Crippen molar-refractivity contribution in [1.82, 2.24) is 14.9 Å². The minimum absolute atomic E-state index is 0.0204. The third kappa shape index (κ3) is 4.25. The molecule has 0 bridgehead atoms. The molecule has 3 aliphatic heterocycles. The fourth-order valence-electron chi connectivity index (χ4n) is 6.03. The third-order valence-corrected chi connectivity index (χ3v) is 8.16. The second-order valence-electron chi connectivity index (χ2n) is 10.6. The number of hydrogen-bond acceptors (Lipinski definition) is 10. The standard InChI is InChI=1S/C30H32N6O6/c1-3-5-6-10-35-16-33-20-8-7-9-21-25(20)27(35)17-14-36-22(26(17)34-21)11-19-18(28(36)39)15-41-29(40)30(19,4-2)42-24(38)13-32-23(37)12-31/h7-9,11,16H,3-6,10,12-15,31H2,1-2H3,(H,32,37)/t30-/m0/s1. The molecule has 1 atom stereocenters. The van der Waals surface area contributed by atoms with E-state index in [4.69, 9.17) is 20.2 Å². The van der Waals surface area contributed by atoms with Crippen LogP contribution >= 0.6 is 0 Å². The average Bonchev–Trinajstić information content (AvgIpc) is 3.37. The molecule has 0 radical (unpaired) electrons. The zero-order chi connectivity index (χ0) is 29.6. The first kappa shape index (κ1) is 27.6. The summed E-state index contributed by atoms with van der Waals surface area (Å²) in [5.41, 5.74) is 8.25. The number of aliphatic imine (C=N–C) groups is 1. The molecule has 0 fully saturated rings. The van der Waals surface area contributed by atoms with Crippen LogP contribution in [-0.4, -0.2) is 53.4 Å². The smallest absolute Gasteiger partial charge is 0.355 e. The number of nitrogens with zero attached hydrogens (tertiary/aromatic N) is 4. The van der Waals surface area contributed by atoms with E-state index >= 15 is 0 Å². The SMILES string of the molecule is CCCCCN1C=Nc2cccc3nc4c(c1c23)Cn1c-4cc2c(c1=O)COC(=O)[C@@]2(CC)OC(=O)CNC(=O)CN. The van der Waals surface area contributed by atoms with Gasteiger partial charge in [0.1, 0.15) is 13.2 Å². The largest absolute Gasteiger partial charge is 0.457 e. The minimum atomic E-state index is -1.85. The first-order valence-electron chi connectivity index (χ1n) is 14.2. The molecular weight excluding hydrogens is 540 g/mol. The number of rotatable bonds is 9. The molecule has 42 heavy (non-hydrogen) atoms. The van der Waals surface area contributed by atoms with Crippen LogP contribution in [0.15, 0.2) is 34.1 Å². The molecule has 218 valence electrons. The van der Waals surface area contributed by atoms with Crippen LogP contribution < -0.4 is 21.5 Å². The van der Waals surface area contributed by atoms with Crippen molar-refractivity contribution in [2.75, 3.05) is 24.5 Å². The van der Waals surface area contributed by atoms with Crippen LogP contribution in [-0.2, 0) is 42.6 Å². The number of nitrogens with one attached hydrogen (secondary N) is 1. The molecule has 0 aliphatic carbocycles. The van der Waals surface area contributed by atoms with Crippen molar-refractivity contribution in [2.45, 2.75) is 58.3 Å². The number of fused-ring (bicyclic) bond motifs is 5. The van der Waals surface area contributed by atoms with E-state index in [1.165, 1.54) is 0 Å². The maximum Gasteiger partial charge on any atom is 0.355 e. The van der Waals surface area contributed by atoms with Crippen LogP contribution in [0.3, 0.4) is 0 Å². The summed E-state index contributed by atoms with van der Waals surface area (Å²) in [6.45, 7) is 3.87. The summed E-state index contributed by atoms with van der Waals surface area (Å²) < 4.78 is 12.8. The summed E-state index contributed by atoms with van der Waals surface area (Å²) >= 11 is 0. The summed E-state index contributed by atoms with van der Waals surface area (Å²) in [6.07, 6.45) is 5.02. The van der Waals surface area contributed by atoms with E-state index in [0.29, 0.717) is 17.9 Å². The van der Waals surface area contributed by atoms with Gasteiger partial charge >= 0.3 is 11.9 Å². The Labute approximate surface area is 241 Å². The zero-order valence-electron chi connectivity index (χ0n) is 23.6. The number of aromatic nitrogens is 2. The lowest BCUT2D eigenvalue weighted by Gasteiger charge is -2.35. The van der Waals surface area contributed by atoms with Gasteiger partial charge in [-0.15, -0.1) is 0 Å². The van der Waals surface area contributed by atoms with Crippen molar-refractivity contribution in [3.05, 3.63) is 51.3 Å². The number of anilines is 1. The molecule has 1 aromatic carbocycles. The lowest BCUT2D eigenvalue weighted by Crippen LogP contribution is -2.49. The molecule has 0 saturated carbocycles. The Hall–Kier alpha value is -4.58. The third-order valence-electron chi connectivity index (χ3n) is 8.16. The molecule has 12 heteroatoms. The summed E-state index contributed by atoms with van der Waals surface area (Å²) in [7, 11) is 0. The first-order chi connectivity index (χ1) is 20.3. The Morgan fingerprint density at radius 2 is 2.02 bits per heavy atom. The highest BCUT2D eigenvalue weighted by atomic mass is 16.6. The fraction of sp³-hybridized carbons (Fsp3) is 0.400. The van der Waals surface area contributed by atoms with Gasteiger partial charge in [-0.1, -0.05) is 32.8 Å².